The van der Waals surface area contributed by atoms with E-state index in [1.165, 1.54) is 6.08 Å². The lowest BCUT2D eigenvalue weighted by molar-refractivity contribution is -0.104. The summed E-state index contributed by atoms with van der Waals surface area (Å²) >= 11 is 0. The Bertz CT molecular complexity index is 1220. The van der Waals surface area contributed by atoms with Crippen LogP contribution < -0.4 is 4.74 Å². The third-order valence-electron chi connectivity index (χ3n) is 6.77. The fourth-order valence-electron chi connectivity index (χ4n) is 4.80. The molecule has 36 heavy (non-hydrogen) atoms. The number of aliphatic hydroxyl groups is 1. The van der Waals surface area contributed by atoms with Gasteiger partial charge in [-0.3, -0.25) is 4.79 Å². The largest absolute Gasteiger partial charge is 0.497 e. The van der Waals surface area contributed by atoms with Crippen molar-refractivity contribution in [1.29, 1.82) is 5.26 Å². The Kier molecular flexibility index (Phi) is 9.89. The van der Waals surface area contributed by atoms with Crippen LogP contribution in [0.1, 0.15) is 58.2 Å². The van der Waals surface area contributed by atoms with E-state index in [1.807, 2.05) is 12.1 Å². The molecule has 0 aliphatic carbocycles. The van der Waals surface area contributed by atoms with Crippen LogP contribution in [0.3, 0.4) is 0 Å². The summed E-state index contributed by atoms with van der Waals surface area (Å²) in [5.74, 6) is 9.83. The van der Waals surface area contributed by atoms with Crippen molar-refractivity contribution in [2.75, 3.05) is 7.11 Å². The number of hydrogen-bond donors (Lipinski definition) is 1. The van der Waals surface area contributed by atoms with E-state index in [4.69, 9.17) is 4.74 Å². The molecular weight excluding hydrogens is 462 g/mol. The van der Waals surface area contributed by atoms with Crippen molar-refractivity contribution < 1.29 is 14.6 Å². The Balaban J connectivity index is 2.74. The summed E-state index contributed by atoms with van der Waals surface area (Å²) in [7, 11) is -0.574. The molecule has 2 rings (SSSR count). The van der Waals surface area contributed by atoms with E-state index in [9.17, 15) is 15.2 Å². The zero-order valence-electron chi connectivity index (χ0n) is 22.2. The van der Waals surface area contributed by atoms with E-state index in [-0.39, 0.29) is 0 Å². The minimum atomic E-state index is -2.16. The van der Waals surface area contributed by atoms with E-state index in [0.29, 0.717) is 45.4 Å². The van der Waals surface area contributed by atoms with Crippen molar-refractivity contribution in [2.24, 2.45) is 0 Å². The maximum atomic E-state index is 11.9. The van der Waals surface area contributed by atoms with Gasteiger partial charge in [0.15, 0.2) is 0 Å². The Morgan fingerprint density at radius 1 is 0.944 bits per heavy atom. The van der Waals surface area contributed by atoms with Crippen LogP contribution in [0, 0.1) is 34.6 Å². The van der Waals surface area contributed by atoms with Gasteiger partial charge in [-0.1, -0.05) is 77.6 Å². The molecule has 0 saturated carbocycles. The molecule has 4 nitrogen and oxygen atoms in total. The van der Waals surface area contributed by atoms with Gasteiger partial charge in [-0.25, -0.2) is 0 Å². The number of carbonyl (C=O) groups excluding carboxylic acids is 1. The minimum absolute atomic E-state index is 0.382. The topological polar surface area (TPSA) is 70.3 Å². The van der Waals surface area contributed by atoms with Gasteiger partial charge in [-0.05, 0) is 58.4 Å². The highest BCUT2D eigenvalue weighted by Gasteiger charge is 2.42. The van der Waals surface area contributed by atoms with Crippen molar-refractivity contribution in [3.8, 4) is 35.1 Å². The summed E-state index contributed by atoms with van der Waals surface area (Å²) in [4.78, 5) is 11.4. The number of rotatable bonds is 7. The first-order chi connectivity index (χ1) is 17.0. The zero-order valence-corrected chi connectivity index (χ0v) is 23.2. The lowest BCUT2D eigenvalue weighted by atomic mass is 9.93. The van der Waals surface area contributed by atoms with Crippen LogP contribution >= 0.6 is 0 Å². The quantitative estimate of drug-likeness (QED) is 0.212. The van der Waals surface area contributed by atoms with E-state index < -0.39 is 13.7 Å². The molecule has 1 N–H and O–H groups in total. The summed E-state index contributed by atoms with van der Waals surface area (Å²) in [5, 5.41) is 21.1. The highest BCUT2D eigenvalue weighted by Crippen LogP contribution is 2.41. The first-order valence-electron chi connectivity index (χ1n) is 12.1. The number of allylic oxidation sites excluding steroid dienone is 2. The smallest absolute Gasteiger partial charge is 0.213 e. The van der Waals surface area contributed by atoms with Crippen molar-refractivity contribution in [3.63, 3.8) is 0 Å². The Hall–Kier alpha value is -3.56. The molecule has 0 bridgehead atoms. The predicted octanol–water partition coefficient (Wildman–Crippen LogP) is 6.26. The number of hydrogen-bond acceptors (Lipinski definition) is 4. The van der Waals surface area contributed by atoms with Crippen LogP contribution in [0.25, 0.3) is 5.57 Å². The summed E-state index contributed by atoms with van der Waals surface area (Å²) in [5.41, 5.74) is 5.10. The first kappa shape index (κ1) is 28.7. The molecule has 0 spiro atoms. The molecule has 0 fully saturated rings. The van der Waals surface area contributed by atoms with Gasteiger partial charge >= 0.3 is 0 Å². The molecule has 0 saturated heterocycles. The maximum Gasteiger partial charge on any atom is 0.213 e. The van der Waals surface area contributed by atoms with Gasteiger partial charge in [0.1, 0.15) is 20.1 Å². The minimum Gasteiger partial charge on any atom is -0.497 e. The molecule has 186 valence electrons. The number of carbonyl (C=O) groups is 1. The molecule has 1 atom stereocenters. The van der Waals surface area contributed by atoms with Crippen molar-refractivity contribution in [1.82, 2.24) is 0 Å². The van der Waals surface area contributed by atoms with Crippen molar-refractivity contribution in [2.45, 2.75) is 63.8 Å². The summed E-state index contributed by atoms with van der Waals surface area (Å²) in [6, 6.07) is 16.0. The molecular formula is C31H35NO3Si. The molecule has 0 heterocycles. The normalized spacial score (nSPS) is 13.2. The molecule has 5 heteroatoms. The second-order valence-corrected chi connectivity index (χ2v) is 15.3. The summed E-state index contributed by atoms with van der Waals surface area (Å²) in [6.45, 7) is 13.3. The van der Waals surface area contributed by atoms with Gasteiger partial charge in [-0.2, -0.15) is 5.26 Å². The van der Waals surface area contributed by atoms with Crippen LogP contribution in [-0.4, -0.2) is 26.6 Å². The monoisotopic (exact) mass is 497 g/mol. The molecule has 2 aromatic rings. The lowest BCUT2D eigenvalue weighted by Gasteiger charge is -2.38. The van der Waals surface area contributed by atoms with Gasteiger partial charge < -0.3 is 9.84 Å². The van der Waals surface area contributed by atoms with Gasteiger partial charge in [0.25, 0.3) is 0 Å². The molecule has 0 aromatic heterocycles. The number of ether oxygens (including phenoxy) is 1. The molecule has 0 aliphatic rings. The Morgan fingerprint density at radius 3 is 1.94 bits per heavy atom. The van der Waals surface area contributed by atoms with Crippen molar-refractivity contribution >= 4 is 19.9 Å². The highest BCUT2D eigenvalue weighted by molar-refractivity contribution is 6.90. The Labute approximate surface area is 217 Å². The van der Waals surface area contributed by atoms with Crippen LogP contribution in [0.5, 0.6) is 5.75 Å². The zero-order chi connectivity index (χ0) is 26.9. The van der Waals surface area contributed by atoms with Gasteiger partial charge in [-0.15, -0.1) is 5.54 Å². The standard InChI is InChI=1S/C31H35NO3Si/c1-23(2)36(24(3)4,25(5)6)21-19-31(34,29-12-8-26(22-32)9-13-29)18-16-28(17-20-33)27-10-14-30(35-7)15-11-27/h8-15,17,20,23-25,34H,1-7H3. The third-order valence-corrected chi connectivity index (χ3v) is 13.1. The molecule has 0 amide bonds. The average molecular weight is 498 g/mol. The van der Waals surface area contributed by atoms with Crippen LogP contribution in [0.2, 0.25) is 16.6 Å². The lowest BCUT2D eigenvalue weighted by Crippen LogP contribution is -2.43. The van der Waals surface area contributed by atoms with Gasteiger partial charge in [0.05, 0.1) is 18.7 Å². The fraction of sp³-hybridized carbons (Fsp3) is 0.355. The average Bonchev–Trinajstić information content (AvgIpc) is 2.86. The van der Waals surface area contributed by atoms with Gasteiger partial charge in [0.2, 0.25) is 5.60 Å². The van der Waals surface area contributed by atoms with Crippen LogP contribution in [0.4, 0.5) is 0 Å². The van der Waals surface area contributed by atoms with Crippen LogP contribution in [0.15, 0.2) is 54.6 Å². The van der Waals surface area contributed by atoms with Crippen LogP contribution in [-0.2, 0) is 10.4 Å². The van der Waals surface area contributed by atoms with Crippen molar-refractivity contribution in [3.05, 3.63) is 71.3 Å². The highest BCUT2D eigenvalue weighted by atomic mass is 28.3. The Morgan fingerprint density at radius 2 is 1.50 bits per heavy atom. The number of nitrogens with zero attached hydrogens (tertiary/aromatic N) is 1. The fourth-order valence-corrected chi connectivity index (χ4v) is 10.1. The van der Waals surface area contributed by atoms with Gasteiger partial charge in [0, 0.05) is 11.1 Å². The second-order valence-electron chi connectivity index (χ2n) is 9.74. The SMILES string of the molecule is COc1ccc(C(C#CC(O)(C#C[Si](C(C)C)(C(C)C)C(C)C)c2ccc(C#N)cc2)=CC=O)cc1. The number of methoxy groups -OCH3 is 1. The van der Waals surface area contributed by atoms with E-state index in [2.05, 4.69) is 70.9 Å². The molecule has 0 radical (unpaired) electrons. The molecule has 2 aromatic carbocycles. The third kappa shape index (κ3) is 6.35. The number of benzene rings is 2. The van der Waals surface area contributed by atoms with E-state index in [1.54, 1.807) is 43.5 Å². The molecule has 0 aliphatic heterocycles. The maximum absolute atomic E-state index is 11.9. The first-order valence-corrected chi connectivity index (χ1v) is 14.4. The number of nitriles is 1. The summed E-state index contributed by atoms with van der Waals surface area (Å²) in [6.07, 6.45) is 2.05. The van der Waals surface area contributed by atoms with E-state index in [0.717, 1.165) is 5.56 Å². The number of aldehydes is 1. The van der Waals surface area contributed by atoms with E-state index >= 15 is 0 Å². The second kappa shape index (κ2) is 12.4. The summed E-state index contributed by atoms with van der Waals surface area (Å²) < 4.78 is 5.22. The molecule has 1 unspecified atom stereocenters. The predicted molar refractivity (Wildman–Crippen MR) is 149 cm³/mol.